The van der Waals surface area contributed by atoms with Gasteiger partial charge in [0.2, 0.25) is 11.8 Å². The Morgan fingerprint density at radius 3 is 3.11 bits per heavy atom. The smallest absolute Gasteiger partial charge is 0.240 e. The lowest BCUT2D eigenvalue weighted by molar-refractivity contribution is -0.122. The summed E-state index contributed by atoms with van der Waals surface area (Å²) in [6.45, 7) is 3.94. The summed E-state index contributed by atoms with van der Waals surface area (Å²) in [6.07, 6.45) is 1.34. The molecule has 1 amide bonds. The maximum atomic E-state index is 12.5. The highest BCUT2D eigenvalue weighted by molar-refractivity contribution is 6.31. The standard InChI is InChI=1S/C14H15ClN2O2/c1-3-14-7-8(2)19-13(14)17-11-6-9(15)4-5-10(11)16-12(14)18/h4-6,8H,3,7H2,1-2H3,(H,16,18). The maximum absolute atomic E-state index is 12.5. The summed E-state index contributed by atoms with van der Waals surface area (Å²) in [5, 5.41) is 3.53. The largest absolute Gasteiger partial charge is 0.477 e. The quantitative estimate of drug-likeness (QED) is 0.854. The second-order valence-corrected chi connectivity index (χ2v) is 5.54. The Morgan fingerprint density at radius 1 is 1.58 bits per heavy atom. The normalized spacial score (nSPS) is 28.7. The third-order valence-corrected chi connectivity index (χ3v) is 4.06. The molecule has 4 nitrogen and oxygen atoms in total. The number of benzene rings is 1. The van der Waals surface area contributed by atoms with Crippen molar-refractivity contribution >= 4 is 34.8 Å². The predicted octanol–water partition coefficient (Wildman–Crippen LogP) is 3.53. The van der Waals surface area contributed by atoms with E-state index in [4.69, 9.17) is 16.3 Å². The number of fused-ring (bicyclic) bond motifs is 2. The molecule has 0 radical (unpaired) electrons. The number of anilines is 1. The molecule has 0 spiro atoms. The first-order chi connectivity index (χ1) is 9.05. The van der Waals surface area contributed by atoms with Gasteiger partial charge in [-0.3, -0.25) is 4.79 Å². The number of carbonyl (C=O) groups excluding carboxylic acids is 1. The van der Waals surface area contributed by atoms with Crippen LogP contribution in [0.4, 0.5) is 11.4 Å². The molecule has 0 aromatic heterocycles. The van der Waals surface area contributed by atoms with Crippen LogP contribution in [0.5, 0.6) is 0 Å². The first-order valence-corrected chi connectivity index (χ1v) is 6.80. The molecule has 0 aliphatic carbocycles. The zero-order chi connectivity index (χ0) is 13.6. The highest BCUT2D eigenvalue weighted by Gasteiger charge is 2.51. The Morgan fingerprint density at radius 2 is 2.37 bits per heavy atom. The lowest BCUT2D eigenvalue weighted by Crippen LogP contribution is -2.38. The molecule has 2 unspecified atom stereocenters. The molecule has 2 aliphatic heterocycles. The minimum atomic E-state index is -0.648. The van der Waals surface area contributed by atoms with Gasteiger partial charge in [-0.15, -0.1) is 0 Å². The highest BCUT2D eigenvalue weighted by atomic mass is 35.5. The summed E-state index contributed by atoms with van der Waals surface area (Å²) in [5.41, 5.74) is 0.686. The molecule has 0 saturated carbocycles. The van der Waals surface area contributed by atoms with Crippen molar-refractivity contribution in [3.63, 3.8) is 0 Å². The minimum Gasteiger partial charge on any atom is -0.477 e. The van der Waals surface area contributed by atoms with E-state index in [1.165, 1.54) is 0 Å². The molecule has 0 bridgehead atoms. The van der Waals surface area contributed by atoms with Crippen LogP contribution in [0, 0.1) is 5.41 Å². The van der Waals surface area contributed by atoms with Crippen molar-refractivity contribution in [3.05, 3.63) is 23.2 Å². The number of nitrogens with one attached hydrogen (secondary N) is 1. The van der Waals surface area contributed by atoms with Gasteiger partial charge in [0.1, 0.15) is 5.41 Å². The molecule has 1 aromatic carbocycles. The molecule has 100 valence electrons. The van der Waals surface area contributed by atoms with Crippen molar-refractivity contribution < 1.29 is 9.53 Å². The SMILES string of the molecule is CCC12CC(C)OC1=Nc1cc(Cl)ccc1NC2=O. The number of hydrogen-bond donors (Lipinski definition) is 1. The van der Waals surface area contributed by atoms with E-state index >= 15 is 0 Å². The number of aliphatic imine (C=N–C) groups is 1. The third-order valence-electron chi connectivity index (χ3n) is 3.83. The molecule has 5 heteroatoms. The molecule has 19 heavy (non-hydrogen) atoms. The Kier molecular flexibility index (Phi) is 2.78. The van der Waals surface area contributed by atoms with Crippen LogP contribution in [0.3, 0.4) is 0 Å². The fourth-order valence-corrected chi connectivity index (χ4v) is 2.92. The molecule has 3 rings (SSSR count). The highest BCUT2D eigenvalue weighted by Crippen LogP contribution is 2.44. The first-order valence-electron chi connectivity index (χ1n) is 6.42. The average Bonchev–Trinajstić information content (AvgIpc) is 2.64. The van der Waals surface area contributed by atoms with Gasteiger partial charge < -0.3 is 10.1 Å². The number of hydrogen-bond acceptors (Lipinski definition) is 3. The summed E-state index contributed by atoms with van der Waals surface area (Å²) in [6, 6.07) is 5.25. The van der Waals surface area contributed by atoms with Crippen LogP contribution in [-0.2, 0) is 9.53 Å². The predicted molar refractivity (Wildman–Crippen MR) is 75.1 cm³/mol. The Balaban J connectivity index is 2.17. The lowest BCUT2D eigenvalue weighted by atomic mass is 9.81. The number of amides is 1. The fraction of sp³-hybridized carbons (Fsp3) is 0.429. The number of carbonyl (C=O) groups is 1. The van der Waals surface area contributed by atoms with Crippen molar-refractivity contribution in [1.29, 1.82) is 0 Å². The average molecular weight is 279 g/mol. The van der Waals surface area contributed by atoms with Crippen LogP contribution < -0.4 is 5.32 Å². The number of ether oxygens (including phenoxy) is 1. The molecule has 2 heterocycles. The van der Waals surface area contributed by atoms with Crippen LogP contribution >= 0.6 is 11.6 Å². The molecule has 1 saturated heterocycles. The summed E-state index contributed by atoms with van der Waals surface area (Å²) in [5.74, 6) is 0.472. The second-order valence-electron chi connectivity index (χ2n) is 5.10. The minimum absolute atomic E-state index is 0.00480. The third kappa shape index (κ3) is 1.82. The Labute approximate surface area is 116 Å². The van der Waals surface area contributed by atoms with Crippen molar-refractivity contribution in [2.24, 2.45) is 10.4 Å². The molecule has 2 atom stereocenters. The van der Waals surface area contributed by atoms with Crippen LogP contribution in [0.2, 0.25) is 5.02 Å². The summed E-state index contributed by atoms with van der Waals surface area (Å²) in [7, 11) is 0. The van der Waals surface area contributed by atoms with Gasteiger partial charge in [0, 0.05) is 11.4 Å². The molecular formula is C14H15ClN2O2. The Bertz CT molecular complexity index is 585. The van der Waals surface area contributed by atoms with Crippen molar-refractivity contribution in [1.82, 2.24) is 0 Å². The monoisotopic (exact) mass is 278 g/mol. The Hall–Kier alpha value is -1.55. The van der Waals surface area contributed by atoms with Crippen molar-refractivity contribution in [2.75, 3.05) is 5.32 Å². The first kappa shape index (κ1) is 12.5. The zero-order valence-electron chi connectivity index (χ0n) is 10.9. The number of halogens is 1. The topological polar surface area (TPSA) is 50.7 Å². The fourth-order valence-electron chi connectivity index (χ4n) is 2.76. The zero-order valence-corrected chi connectivity index (χ0v) is 11.6. The molecular weight excluding hydrogens is 264 g/mol. The lowest BCUT2D eigenvalue weighted by Gasteiger charge is -2.22. The summed E-state index contributed by atoms with van der Waals surface area (Å²) in [4.78, 5) is 17.1. The summed E-state index contributed by atoms with van der Waals surface area (Å²) >= 11 is 5.98. The van der Waals surface area contributed by atoms with E-state index in [2.05, 4.69) is 10.3 Å². The van der Waals surface area contributed by atoms with E-state index in [-0.39, 0.29) is 12.0 Å². The van der Waals surface area contributed by atoms with E-state index in [9.17, 15) is 4.79 Å². The van der Waals surface area contributed by atoms with Gasteiger partial charge in [-0.1, -0.05) is 18.5 Å². The van der Waals surface area contributed by atoms with Crippen LogP contribution in [-0.4, -0.2) is 17.9 Å². The van der Waals surface area contributed by atoms with Gasteiger partial charge in [0.15, 0.2) is 0 Å². The van der Waals surface area contributed by atoms with Gasteiger partial charge in [-0.25, -0.2) is 4.99 Å². The van der Waals surface area contributed by atoms with Gasteiger partial charge in [0.25, 0.3) is 0 Å². The van der Waals surface area contributed by atoms with E-state index in [1.807, 2.05) is 13.8 Å². The second kappa shape index (κ2) is 4.23. The van der Waals surface area contributed by atoms with Crippen LogP contribution in [0.25, 0.3) is 0 Å². The van der Waals surface area contributed by atoms with Gasteiger partial charge in [0.05, 0.1) is 17.5 Å². The van der Waals surface area contributed by atoms with E-state index in [0.29, 0.717) is 35.1 Å². The number of nitrogens with zero attached hydrogens (tertiary/aromatic N) is 1. The summed E-state index contributed by atoms with van der Waals surface area (Å²) < 4.78 is 5.75. The van der Waals surface area contributed by atoms with E-state index in [1.54, 1.807) is 18.2 Å². The van der Waals surface area contributed by atoms with Gasteiger partial charge in [-0.2, -0.15) is 0 Å². The molecule has 2 aliphatic rings. The van der Waals surface area contributed by atoms with Crippen molar-refractivity contribution in [3.8, 4) is 0 Å². The van der Waals surface area contributed by atoms with Crippen LogP contribution in [0.1, 0.15) is 26.7 Å². The molecule has 1 N–H and O–H groups in total. The van der Waals surface area contributed by atoms with E-state index < -0.39 is 5.41 Å². The molecule has 1 aromatic rings. The van der Waals surface area contributed by atoms with Crippen LogP contribution in [0.15, 0.2) is 23.2 Å². The number of rotatable bonds is 1. The van der Waals surface area contributed by atoms with Gasteiger partial charge >= 0.3 is 0 Å². The van der Waals surface area contributed by atoms with E-state index in [0.717, 1.165) is 0 Å². The molecule has 1 fully saturated rings. The maximum Gasteiger partial charge on any atom is 0.240 e. The van der Waals surface area contributed by atoms with Gasteiger partial charge in [-0.05, 0) is 31.5 Å². The van der Waals surface area contributed by atoms with Crippen molar-refractivity contribution in [2.45, 2.75) is 32.8 Å².